The molecule has 0 atom stereocenters. The summed E-state index contributed by atoms with van der Waals surface area (Å²) in [7, 11) is 0. The quantitative estimate of drug-likeness (QED) is 0.212. The highest BCUT2D eigenvalue weighted by Gasteiger charge is 2.24. The molecule has 0 spiro atoms. The summed E-state index contributed by atoms with van der Waals surface area (Å²) in [5, 5.41) is 0. The monoisotopic (exact) mass is 514 g/mol. The third-order valence-corrected chi connectivity index (χ3v) is 8.14. The lowest BCUT2D eigenvalue weighted by atomic mass is 9.83. The van der Waals surface area contributed by atoms with Crippen molar-refractivity contribution in [2.75, 3.05) is 0 Å². The van der Waals surface area contributed by atoms with Gasteiger partial charge in [0, 0.05) is 11.1 Å². The Hall–Kier alpha value is -5.08. The lowest BCUT2D eigenvalue weighted by Gasteiger charge is -2.20. The molecule has 0 heterocycles. The maximum Gasteiger partial charge on any atom is 0.150 e. The van der Waals surface area contributed by atoms with Crippen molar-refractivity contribution in [1.82, 2.24) is 0 Å². The zero-order chi connectivity index (χ0) is 27.1. The van der Waals surface area contributed by atoms with Crippen LogP contribution in [0, 0.1) is 0 Å². The number of carbonyl (C=O) groups is 2. The van der Waals surface area contributed by atoms with Gasteiger partial charge in [0.05, 0.1) is 0 Å². The number of rotatable bonds is 6. The Balaban J connectivity index is 1.53. The summed E-state index contributed by atoms with van der Waals surface area (Å²) in [6, 6.07) is 37.0. The first kappa shape index (κ1) is 24.0. The second-order valence-corrected chi connectivity index (χ2v) is 10.4. The molecule has 5 aromatic rings. The van der Waals surface area contributed by atoms with Crippen LogP contribution in [0.25, 0.3) is 45.6 Å². The highest BCUT2D eigenvalue weighted by molar-refractivity contribution is 6.03. The zero-order valence-corrected chi connectivity index (χ0v) is 21.9. The Labute approximate surface area is 234 Å². The van der Waals surface area contributed by atoms with E-state index < -0.39 is 0 Å². The van der Waals surface area contributed by atoms with Crippen LogP contribution in [0.15, 0.2) is 109 Å². The molecule has 2 nitrogen and oxygen atoms in total. The van der Waals surface area contributed by atoms with Crippen molar-refractivity contribution in [1.29, 1.82) is 0 Å². The van der Waals surface area contributed by atoms with Crippen LogP contribution in [-0.2, 0) is 12.8 Å². The van der Waals surface area contributed by atoms with E-state index in [1.165, 1.54) is 33.4 Å². The van der Waals surface area contributed by atoms with Crippen LogP contribution in [-0.4, -0.2) is 12.6 Å². The van der Waals surface area contributed by atoms with Gasteiger partial charge in [0.15, 0.2) is 12.6 Å². The summed E-state index contributed by atoms with van der Waals surface area (Å²) in [5.41, 5.74) is 14.8. The molecule has 0 aromatic heterocycles. The van der Waals surface area contributed by atoms with Crippen LogP contribution < -0.4 is 0 Å². The molecule has 0 N–H and O–H groups in total. The summed E-state index contributed by atoms with van der Waals surface area (Å²) in [5.74, 6) is 0. The molecular formula is C38H26O2. The fourth-order valence-corrected chi connectivity index (χ4v) is 6.17. The van der Waals surface area contributed by atoms with E-state index in [1.807, 2.05) is 48.5 Å². The van der Waals surface area contributed by atoms with Crippen LogP contribution >= 0.6 is 0 Å². The van der Waals surface area contributed by atoms with E-state index in [0.29, 0.717) is 11.1 Å². The summed E-state index contributed by atoms with van der Waals surface area (Å²) in [4.78, 5) is 24.4. The van der Waals surface area contributed by atoms with Crippen molar-refractivity contribution in [3.8, 4) is 22.3 Å². The molecule has 2 aliphatic rings. The fourth-order valence-electron chi connectivity index (χ4n) is 6.17. The molecule has 0 fully saturated rings. The number of benzene rings is 5. The van der Waals surface area contributed by atoms with Crippen molar-refractivity contribution in [2.24, 2.45) is 0 Å². The topological polar surface area (TPSA) is 34.1 Å². The minimum atomic E-state index is 0.648. The number of carbonyl (C=O) groups excluding carboxylic acids is 2. The smallest absolute Gasteiger partial charge is 0.150 e. The molecule has 2 aliphatic carbocycles. The molecule has 2 heteroatoms. The molecule has 5 aromatic carbocycles. The predicted molar refractivity (Wildman–Crippen MR) is 164 cm³/mol. The minimum Gasteiger partial charge on any atom is -0.298 e. The van der Waals surface area contributed by atoms with E-state index in [9.17, 15) is 9.59 Å². The van der Waals surface area contributed by atoms with E-state index in [0.717, 1.165) is 58.8 Å². The van der Waals surface area contributed by atoms with Crippen molar-refractivity contribution < 1.29 is 9.59 Å². The van der Waals surface area contributed by atoms with Crippen LogP contribution in [0.1, 0.15) is 54.1 Å². The Morgan fingerprint density at radius 2 is 0.825 bits per heavy atom. The van der Waals surface area contributed by atoms with Gasteiger partial charge in [-0.15, -0.1) is 0 Å². The van der Waals surface area contributed by atoms with E-state index in [-0.39, 0.29) is 0 Å². The highest BCUT2D eigenvalue weighted by atomic mass is 16.1. The van der Waals surface area contributed by atoms with Gasteiger partial charge in [0.1, 0.15) is 0 Å². The number of hydrogen-bond acceptors (Lipinski definition) is 2. The first-order chi connectivity index (χ1) is 19.7. The zero-order valence-electron chi connectivity index (χ0n) is 21.9. The molecule has 0 amide bonds. The van der Waals surface area contributed by atoms with Gasteiger partial charge >= 0.3 is 0 Å². The van der Waals surface area contributed by atoms with E-state index in [2.05, 4.69) is 72.8 Å². The van der Waals surface area contributed by atoms with E-state index >= 15 is 0 Å². The standard InChI is InChI=1S/C38H26O2/c39-23-29-13-5-7-15-33(29)37-22-38(34-16-8-6-14-30(34)24-40)36(32-19-27-11-3-4-12-28(27)20-32)21-35(37)31-17-25-9-1-2-10-26(25)18-31/h1-17,19,21-24H,18,20H2. The molecule has 0 radical (unpaired) electrons. The van der Waals surface area contributed by atoms with Gasteiger partial charge in [-0.05, 0) is 91.8 Å². The minimum absolute atomic E-state index is 0.648. The molecule has 40 heavy (non-hydrogen) atoms. The van der Waals surface area contributed by atoms with Crippen LogP contribution in [0.5, 0.6) is 0 Å². The van der Waals surface area contributed by atoms with Gasteiger partial charge in [-0.3, -0.25) is 9.59 Å². The highest BCUT2D eigenvalue weighted by Crippen LogP contribution is 2.45. The number of fused-ring (bicyclic) bond motifs is 2. The summed E-state index contributed by atoms with van der Waals surface area (Å²) >= 11 is 0. The van der Waals surface area contributed by atoms with E-state index in [4.69, 9.17) is 0 Å². The Kier molecular flexibility index (Phi) is 5.94. The van der Waals surface area contributed by atoms with Gasteiger partial charge < -0.3 is 0 Å². The van der Waals surface area contributed by atoms with Crippen molar-refractivity contribution >= 4 is 35.9 Å². The number of hydrogen-bond donors (Lipinski definition) is 0. The SMILES string of the molecule is O=Cc1ccccc1-c1cc(-c2ccccc2C=O)c(C2=Cc3ccccc3C2)cc1C1=Cc2ccccc2C1. The number of aldehydes is 2. The fraction of sp³-hybridized carbons (Fsp3) is 0.0526. The number of allylic oxidation sites excluding steroid dienone is 2. The largest absolute Gasteiger partial charge is 0.298 e. The molecule has 7 rings (SSSR count). The van der Waals surface area contributed by atoms with Gasteiger partial charge in [-0.1, -0.05) is 109 Å². The van der Waals surface area contributed by atoms with Crippen LogP contribution in [0.2, 0.25) is 0 Å². The normalized spacial score (nSPS) is 13.3. The van der Waals surface area contributed by atoms with Crippen molar-refractivity contribution in [3.05, 3.63) is 154 Å². The van der Waals surface area contributed by atoms with Crippen LogP contribution in [0.4, 0.5) is 0 Å². The molecular weight excluding hydrogens is 488 g/mol. The Morgan fingerprint density at radius 1 is 0.425 bits per heavy atom. The molecule has 0 saturated heterocycles. The predicted octanol–water partition coefficient (Wildman–Crippen LogP) is 8.84. The second kappa shape index (κ2) is 9.91. The maximum atomic E-state index is 12.2. The maximum absolute atomic E-state index is 12.2. The summed E-state index contributed by atoms with van der Waals surface area (Å²) < 4.78 is 0. The molecule has 0 unspecified atom stereocenters. The molecule has 0 bridgehead atoms. The first-order valence-electron chi connectivity index (χ1n) is 13.6. The molecule has 0 aliphatic heterocycles. The van der Waals surface area contributed by atoms with Crippen molar-refractivity contribution in [3.63, 3.8) is 0 Å². The Morgan fingerprint density at radius 3 is 1.27 bits per heavy atom. The van der Waals surface area contributed by atoms with E-state index in [1.54, 1.807) is 0 Å². The summed E-state index contributed by atoms with van der Waals surface area (Å²) in [6.45, 7) is 0. The average molecular weight is 515 g/mol. The average Bonchev–Trinajstić information content (AvgIpc) is 3.65. The van der Waals surface area contributed by atoms with Crippen LogP contribution in [0.3, 0.4) is 0 Å². The Bertz CT molecular complexity index is 1750. The molecule has 190 valence electrons. The lowest BCUT2D eigenvalue weighted by molar-refractivity contribution is 0.111. The molecule has 0 saturated carbocycles. The second-order valence-electron chi connectivity index (χ2n) is 10.4. The van der Waals surface area contributed by atoms with Gasteiger partial charge in [0.25, 0.3) is 0 Å². The first-order valence-corrected chi connectivity index (χ1v) is 13.6. The summed E-state index contributed by atoms with van der Waals surface area (Å²) in [6.07, 6.45) is 8.07. The third kappa shape index (κ3) is 4.06. The van der Waals surface area contributed by atoms with Gasteiger partial charge in [-0.25, -0.2) is 0 Å². The third-order valence-electron chi connectivity index (χ3n) is 8.14. The van der Waals surface area contributed by atoms with Gasteiger partial charge in [0.2, 0.25) is 0 Å². The lowest BCUT2D eigenvalue weighted by Crippen LogP contribution is -2.00. The van der Waals surface area contributed by atoms with Gasteiger partial charge in [-0.2, -0.15) is 0 Å². The van der Waals surface area contributed by atoms with Crippen molar-refractivity contribution in [2.45, 2.75) is 12.8 Å².